The third kappa shape index (κ3) is 3.44. The summed E-state index contributed by atoms with van der Waals surface area (Å²) in [6.45, 7) is 0. The lowest BCUT2D eigenvalue weighted by Gasteiger charge is -2.30. The third-order valence-electron chi connectivity index (χ3n) is 11.5. The van der Waals surface area contributed by atoms with Crippen molar-refractivity contribution in [3.63, 3.8) is 0 Å². The Hall–Kier alpha value is -6.29. The van der Waals surface area contributed by atoms with Crippen LogP contribution in [-0.4, -0.2) is 9.55 Å². The van der Waals surface area contributed by atoms with Gasteiger partial charge >= 0.3 is 0 Å². The minimum atomic E-state index is -0.320. The molecule has 0 amide bonds. The highest BCUT2D eigenvalue weighted by molar-refractivity contribution is 7.26. The van der Waals surface area contributed by atoms with E-state index in [2.05, 4.69) is 162 Å². The molecule has 3 heteroatoms. The Morgan fingerprint density at radius 2 is 1.08 bits per heavy atom. The summed E-state index contributed by atoms with van der Waals surface area (Å²) >= 11 is 1.89. The van der Waals surface area contributed by atoms with Crippen molar-refractivity contribution in [3.05, 3.63) is 192 Å². The van der Waals surface area contributed by atoms with Crippen LogP contribution in [0.4, 0.5) is 0 Å². The average Bonchev–Trinajstić information content (AvgIpc) is 3.91. The summed E-state index contributed by atoms with van der Waals surface area (Å²) in [7, 11) is 0. The van der Waals surface area contributed by atoms with Gasteiger partial charge in [-0.3, -0.25) is 4.57 Å². The zero-order valence-electron chi connectivity index (χ0n) is 27.5. The topological polar surface area (TPSA) is 17.8 Å². The van der Waals surface area contributed by atoms with E-state index in [1.54, 1.807) is 0 Å². The van der Waals surface area contributed by atoms with E-state index in [0.29, 0.717) is 0 Å². The number of aromatic nitrogens is 2. The van der Waals surface area contributed by atoms with Crippen LogP contribution in [0.3, 0.4) is 0 Å². The number of para-hydroxylation sites is 1. The Kier molecular flexibility index (Phi) is 5.35. The van der Waals surface area contributed by atoms with Gasteiger partial charge in [0.2, 0.25) is 0 Å². The summed E-state index contributed by atoms with van der Waals surface area (Å²) in [5, 5.41) is 5.00. The number of rotatable bonds is 2. The third-order valence-corrected chi connectivity index (χ3v) is 12.7. The number of thiophene rings is 1. The number of fused-ring (bicyclic) bond motifs is 16. The first-order valence-electron chi connectivity index (χ1n) is 17.5. The van der Waals surface area contributed by atoms with Gasteiger partial charge < -0.3 is 0 Å². The maximum atomic E-state index is 4.83. The molecule has 0 atom stereocenters. The van der Waals surface area contributed by atoms with Crippen molar-refractivity contribution in [2.45, 2.75) is 5.41 Å². The van der Waals surface area contributed by atoms with Gasteiger partial charge in [0.25, 0.3) is 0 Å². The first-order valence-corrected chi connectivity index (χ1v) is 18.4. The Balaban J connectivity index is 1.06. The maximum Gasteiger partial charge on any atom is 0.145 e. The SMILES string of the molecule is c1ccc2c(c1)-c1ccccc1C21c2ccccc2-c2cc(-c3cccc4c3sc3cc(-n5c6ccccc6c6cccnc65)ccc34)ccc21. The van der Waals surface area contributed by atoms with Crippen LogP contribution in [-0.2, 0) is 5.41 Å². The molecular formula is C48H28N2S. The fourth-order valence-corrected chi connectivity index (χ4v) is 10.7. The van der Waals surface area contributed by atoms with Gasteiger partial charge in [-0.05, 0) is 92.0 Å². The Bertz CT molecular complexity index is 3010. The highest BCUT2D eigenvalue weighted by atomic mass is 32.1. The average molecular weight is 665 g/mol. The molecule has 3 heterocycles. The van der Waals surface area contributed by atoms with Gasteiger partial charge in [-0.25, -0.2) is 4.98 Å². The molecular weight excluding hydrogens is 637 g/mol. The molecule has 2 nitrogen and oxygen atoms in total. The molecule has 3 aromatic heterocycles. The van der Waals surface area contributed by atoms with Crippen LogP contribution < -0.4 is 0 Å². The molecule has 0 radical (unpaired) electrons. The van der Waals surface area contributed by atoms with Crippen molar-refractivity contribution in [2.75, 3.05) is 0 Å². The zero-order chi connectivity index (χ0) is 33.3. The summed E-state index contributed by atoms with van der Waals surface area (Å²) in [4.78, 5) is 4.83. The summed E-state index contributed by atoms with van der Waals surface area (Å²) in [5.74, 6) is 0. The Labute approximate surface area is 298 Å². The van der Waals surface area contributed by atoms with Crippen molar-refractivity contribution in [3.8, 4) is 39.1 Å². The molecule has 12 rings (SSSR count). The lowest BCUT2D eigenvalue weighted by molar-refractivity contribution is 0.794. The molecule has 2 aliphatic carbocycles. The van der Waals surface area contributed by atoms with Crippen molar-refractivity contribution in [1.82, 2.24) is 9.55 Å². The van der Waals surface area contributed by atoms with Crippen LogP contribution in [0.1, 0.15) is 22.3 Å². The molecule has 0 fully saturated rings. The number of pyridine rings is 1. The fraction of sp³-hybridized carbons (Fsp3) is 0.0208. The molecule has 0 saturated carbocycles. The van der Waals surface area contributed by atoms with Crippen molar-refractivity contribution >= 4 is 53.4 Å². The molecule has 51 heavy (non-hydrogen) atoms. The van der Waals surface area contributed by atoms with Gasteiger partial charge in [0.15, 0.2) is 0 Å². The van der Waals surface area contributed by atoms with E-state index in [4.69, 9.17) is 4.98 Å². The predicted molar refractivity (Wildman–Crippen MR) is 213 cm³/mol. The van der Waals surface area contributed by atoms with Crippen LogP contribution in [0, 0.1) is 0 Å². The summed E-state index contributed by atoms with van der Waals surface area (Å²) in [6.07, 6.45) is 1.89. The van der Waals surface area contributed by atoms with Gasteiger partial charge in [-0.2, -0.15) is 0 Å². The molecule has 0 bridgehead atoms. The lowest BCUT2D eigenvalue weighted by atomic mass is 9.70. The van der Waals surface area contributed by atoms with Crippen LogP contribution >= 0.6 is 11.3 Å². The molecule has 1 spiro atoms. The first kappa shape index (κ1) is 27.5. The Morgan fingerprint density at radius 1 is 0.451 bits per heavy atom. The molecule has 2 aliphatic rings. The number of hydrogen-bond donors (Lipinski definition) is 0. The second-order valence-corrected chi connectivity index (χ2v) is 14.9. The largest absolute Gasteiger partial charge is 0.294 e. The lowest BCUT2D eigenvalue weighted by Crippen LogP contribution is -2.25. The summed E-state index contributed by atoms with van der Waals surface area (Å²) in [6, 6.07) is 60.9. The van der Waals surface area contributed by atoms with E-state index in [1.807, 2.05) is 23.6 Å². The van der Waals surface area contributed by atoms with E-state index < -0.39 is 0 Å². The Morgan fingerprint density at radius 3 is 1.86 bits per heavy atom. The molecule has 7 aromatic carbocycles. The number of benzene rings is 7. The molecule has 236 valence electrons. The van der Waals surface area contributed by atoms with Crippen molar-refractivity contribution < 1.29 is 0 Å². The van der Waals surface area contributed by atoms with E-state index in [1.165, 1.54) is 92.1 Å². The molecule has 10 aromatic rings. The normalized spacial score (nSPS) is 13.6. The zero-order valence-corrected chi connectivity index (χ0v) is 28.3. The van der Waals surface area contributed by atoms with E-state index in [9.17, 15) is 0 Å². The number of hydrogen-bond acceptors (Lipinski definition) is 2. The predicted octanol–water partition coefficient (Wildman–Crippen LogP) is 12.6. The van der Waals surface area contributed by atoms with Crippen molar-refractivity contribution in [1.29, 1.82) is 0 Å². The molecule has 0 unspecified atom stereocenters. The van der Waals surface area contributed by atoms with Crippen molar-refractivity contribution in [2.24, 2.45) is 0 Å². The standard InChI is InChI=1S/C48H28N2S/c1-5-18-40-32(11-1)33-12-2-6-19-41(33)48(40)42-20-7-3-13-34(42)39-27-29(22-25-43(39)48)31-15-9-16-37-36-24-23-30(28-45(36)51-46(31)37)50-44-21-8-4-14-35(44)38-17-10-26-49-47(38)50/h1-28H. The minimum Gasteiger partial charge on any atom is -0.294 e. The molecule has 0 saturated heterocycles. The van der Waals surface area contributed by atoms with E-state index in [0.717, 1.165) is 11.3 Å². The van der Waals surface area contributed by atoms with Gasteiger partial charge in [0, 0.05) is 42.8 Å². The highest BCUT2D eigenvalue weighted by Gasteiger charge is 2.51. The quantitative estimate of drug-likeness (QED) is 0.180. The first-order chi connectivity index (χ1) is 25.3. The van der Waals surface area contributed by atoms with Gasteiger partial charge in [-0.1, -0.05) is 127 Å². The fourth-order valence-electron chi connectivity index (χ4n) is 9.48. The van der Waals surface area contributed by atoms with Gasteiger partial charge in [-0.15, -0.1) is 11.3 Å². The second-order valence-electron chi connectivity index (χ2n) is 13.8. The number of nitrogens with zero attached hydrogens (tertiary/aromatic N) is 2. The van der Waals surface area contributed by atoms with Crippen LogP contribution in [0.15, 0.2) is 170 Å². The minimum absolute atomic E-state index is 0.320. The van der Waals surface area contributed by atoms with Gasteiger partial charge in [0.05, 0.1) is 10.9 Å². The van der Waals surface area contributed by atoms with E-state index in [-0.39, 0.29) is 5.41 Å². The van der Waals surface area contributed by atoms with Crippen LogP contribution in [0.5, 0.6) is 0 Å². The highest BCUT2D eigenvalue weighted by Crippen LogP contribution is 2.63. The van der Waals surface area contributed by atoms with E-state index >= 15 is 0 Å². The maximum absolute atomic E-state index is 4.83. The van der Waals surface area contributed by atoms with Crippen LogP contribution in [0.25, 0.3) is 81.2 Å². The van der Waals surface area contributed by atoms with Crippen LogP contribution in [0.2, 0.25) is 0 Å². The summed E-state index contributed by atoms with van der Waals surface area (Å²) in [5.41, 5.74) is 16.4. The van der Waals surface area contributed by atoms with Gasteiger partial charge in [0.1, 0.15) is 5.65 Å². The molecule has 0 N–H and O–H groups in total. The second kappa shape index (κ2) is 9.91. The summed E-state index contributed by atoms with van der Waals surface area (Å²) < 4.78 is 4.91. The smallest absolute Gasteiger partial charge is 0.145 e. The molecule has 0 aliphatic heterocycles. The monoisotopic (exact) mass is 664 g/mol.